The summed E-state index contributed by atoms with van der Waals surface area (Å²) in [5, 5.41) is 10.6. The summed E-state index contributed by atoms with van der Waals surface area (Å²) in [6.07, 6.45) is -1.91. The molecule has 1 saturated heterocycles. The average Bonchev–Trinajstić information content (AvgIpc) is 2.76. The van der Waals surface area contributed by atoms with E-state index in [1.54, 1.807) is 12.1 Å². The van der Waals surface area contributed by atoms with Gasteiger partial charge < -0.3 is 15.6 Å². The molecule has 0 saturated carbocycles. The van der Waals surface area contributed by atoms with Crippen molar-refractivity contribution in [2.24, 2.45) is 11.7 Å². The van der Waals surface area contributed by atoms with Gasteiger partial charge in [-0.3, -0.25) is 4.90 Å². The van der Waals surface area contributed by atoms with Gasteiger partial charge in [0.2, 0.25) is 0 Å². The Bertz CT molecular complexity index is 906. The van der Waals surface area contributed by atoms with Gasteiger partial charge in [0, 0.05) is 25.1 Å². The number of nitrogens with two attached hydrogens (primary N) is 1. The van der Waals surface area contributed by atoms with Crippen LogP contribution in [0.15, 0.2) is 36.4 Å². The molecule has 3 N–H and O–H groups in total. The van der Waals surface area contributed by atoms with Gasteiger partial charge in [0.15, 0.2) is 0 Å². The van der Waals surface area contributed by atoms with E-state index in [0.29, 0.717) is 31.2 Å². The number of ether oxygens (including phenoxy) is 1. The highest BCUT2D eigenvalue weighted by Gasteiger charge is 2.35. The Labute approximate surface area is 180 Å². The van der Waals surface area contributed by atoms with Crippen molar-refractivity contribution in [2.45, 2.75) is 51.1 Å². The Balaban J connectivity index is 1.37. The lowest BCUT2D eigenvalue weighted by atomic mass is 9.83. The lowest BCUT2D eigenvalue weighted by molar-refractivity contribution is -0.137. The molecule has 2 atom stereocenters. The third-order valence-corrected chi connectivity index (χ3v) is 6.67. The van der Waals surface area contributed by atoms with Gasteiger partial charge in [-0.15, -0.1) is 0 Å². The monoisotopic (exact) mass is 434 g/mol. The number of aryl methyl sites for hydroxylation is 1. The van der Waals surface area contributed by atoms with Crippen LogP contribution in [0.3, 0.4) is 0 Å². The number of alkyl halides is 3. The minimum absolute atomic E-state index is 0.0157. The first-order valence-electron chi connectivity index (χ1n) is 10.8. The number of halogens is 3. The summed E-state index contributed by atoms with van der Waals surface area (Å²) >= 11 is 0. The fourth-order valence-corrected chi connectivity index (χ4v) is 4.82. The zero-order chi connectivity index (χ0) is 22.2. The van der Waals surface area contributed by atoms with Crippen LogP contribution in [0.1, 0.15) is 46.8 Å². The SMILES string of the molecule is Cc1ccc2c(c1O)C[C@@H](C1CCN(Cc3ccc(C(F)(F)F)cc3)CC1)O[C@H]2CN. The van der Waals surface area contributed by atoms with Gasteiger partial charge >= 0.3 is 6.18 Å². The maximum atomic E-state index is 12.7. The second-order valence-electron chi connectivity index (χ2n) is 8.71. The van der Waals surface area contributed by atoms with Crippen molar-refractivity contribution >= 4 is 0 Å². The van der Waals surface area contributed by atoms with Crippen LogP contribution in [0.5, 0.6) is 5.75 Å². The molecule has 2 aliphatic heterocycles. The van der Waals surface area contributed by atoms with Crippen LogP contribution in [-0.4, -0.2) is 35.7 Å². The number of hydrogen-bond acceptors (Lipinski definition) is 4. The van der Waals surface area contributed by atoms with Crippen molar-refractivity contribution in [3.63, 3.8) is 0 Å². The second kappa shape index (κ2) is 8.81. The van der Waals surface area contributed by atoms with Crippen LogP contribution >= 0.6 is 0 Å². The van der Waals surface area contributed by atoms with Gasteiger partial charge in [-0.1, -0.05) is 24.3 Å². The van der Waals surface area contributed by atoms with Gasteiger partial charge in [-0.2, -0.15) is 13.2 Å². The average molecular weight is 435 g/mol. The van der Waals surface area contributed by atoms with E-state index in [2.05, 4.69) is 4.90 Å². The first kappa shape index (κ1) is 22.1. The number of piperidine rings is 1. The standard InChI is InChI=1S/C24H29F3N2O2/c1-15-2-7-19-20(23(15)30)12-21(31-22(19)13-28)17-8-10-29(11-9-17)14-16-3-5-18(6-4-16)24(25,26)27/h2-7,17,21-22,30H,8-14,28H2,1H3/t21-,22-/m0/s1. The van der Waals surface area contributed by atoms with Crippen LogP contribution in [0.2, 0.25) is 0 Å². The Kier molecular flexibility index (Phi) is 6.28. The molecular weight excluding hydrogens is 405 g/mol. The van der Waals surface area contributed by atoms with Crippen LogP contribution in [0, 0.1) is 12.8 Å². The van der Waals surface area contributed by atoms with Crippen molar-refractivity contribution in [3.8, 4) is 5.75 Å². The summed E-state index contributed by atoms with van der Waals surface area (Å²) < 4.78 is 44.6. The van der Waals surface area contributed by atoms with E-state index >= 15 is 0 Å². The molecule has 0 aromatic heterocycles. The fraction of sp³-hybridized carbons (Fsp3) is 0.500. The number of rotatable bonds is 4. The first-order valence-corrected chi connectivity index (χ1v) is 10.8. The third kappa shape index (κ3) is 4.73. The number of hydrogen-bond donors (Lipinski definition) is 2. The van der Waals surface area contributed by atoms with E-state index in [-0.39, 0.29) is 12.2 Å². The number of likely N-dealkylation sites (tertiary alicyclic amines) is 1. The molecule has 0 unspecified atom stereocenters. The molecular formula is C24H29F3N2O2. The summed E-state index contributed by atoms with van der Waals surface area (Å²) in [7, 11) is 0. The molecule has 2 aromatic carbocycles. The summed E-state index contributed by atoms with van der Waals surface area (Å²) in [6, 6.07) is 9.33. The maximum absolute atomic E-state index is 12.7. The zero-order valence-electron chi connectivity index (χ0n) is 17.7. The van der Waals surface area contributed by atoms with Gasteiger partial charge in [-0.05, 0) is 67.6 Å². The largest absolute Gasteiger partial charge is 0.507 e. The molecule has 4 nitrogen and oxygen atoms in total. The molecule has 168 valence electrons. The predicted molar refractivity (Wildman–Crippen MR) is 113 cm³/mol. The molecule has 31 heavy (non-hydrogen) atoms. The van der Waals surface area contributed by atoms with E-state index in [0.717, 1.165) is 60.3 Å². The lowest BCUT2D eigenvalue weighted by Gasteiger charge is -2.40. The van der Waals surface area contributed by atoms with Crippen LogP contribution < -0.4 is 5.73 Å². The fourth-order valence-electron chi connectivity index (χ4n) is 4.82. The molecule has 7 heteroatoms. The smallest absolute Gasteiger partial charge is 0.416 e. The van der Waals surface area contributed by atoms with Crippen molar-refractivity contribution in [2.75, 3.05) is 19.6 Å². The van der Waals surface area contributed by atoms with Crippen molar-refractivity contribution in [1.82, 2.24) is 4.90 Å². The molecule has 2 aromatic rings. The maximum Gasteiger partial charge on any atom is 0.416 e. The molecule has 0 spiro atoms. The molecule has 0 radical (unpaired) electrons. The molecule has 0 amide bonds. The summed E-state index contributed by atoms with van der Waals surface area (Å²) in [6.45, 7) is 4.65. The summed E-state index contributed by atoms with van der Waals surface area (Å²) in [5.41, 5.74) is 9.04. The minimum Gasteiger partial charge on any atom is -0.507 e. The summed E-state index contributed by atoms with van der Waals surface area (Å²) in [5.74, 6) is 0.718. The van der Waals surface area contributed by atoms with Crippen LogP contribution in [0.4, 0.5) is 13.2 Å². The summed E-state index contributed by atoms with van der Waals surface area (Å²) in [4.78, 5) is 2.28. The zero-order valence-corrected chi connectivity index (χ0v) is 17.7. The highest BCUT2D eigenvalue weighted by atomic mass is 19.4. The lowest BCUT2D eigenvalue weighted by Crippen LogP contribution is -2.41. The number of phenolic OH excluding ortho intramolecular Hbond substituents is 1. The van der Waals surface area contributed by atoms with Gasteiger partial charge in [0.05, 0.1) is 17.8 Å². The number of aromatic hydroxyl groups is 1. The number of benzene rings is 2. The van der Waals surface area contributed by atoms with E-state index < -0.39 is 11.7 Å². The van der Waals surface area contributed by atoms with Gasteiger partial charge in [0.1, 0.15) is 5.75 Å². The number of fused-ring (bicyclic) bond motifs is 1. The van der Waals surface area contributed by atoms with E-state index in [9.17, 15) is 18.3 Å². The normalized spacial score (nSPS) is 23.0. The number of phenols is 1. The first-order chi connectivity index (χ1) is 14.8. The van der Waals surface area contributed by atoms with Gasteiger partial charge in [0.25, 0.3) is 0 Å². The Morgan fingerprint density at radius 2 is 1.77 bits per heavy atom. The molecule has 1 fully saturated rings. The minimum atomic E-state index is -4.30. The molecule has 4 rings (SSSR count). The van der Waals surface area contributed by atoms with E-state index in [4.69, 9.17) is 10.5 Å². The third-order valence-electron chi connectivity index (χ3n) is 6.67. The molecule has 2 heterocycles. The highest BCUT2D eigenvalue weighted by Crippen LogP contribution is 2.40. The quantitative estimate of drug-likeness (QED) is 0.740. The Morgan fingerprint density at radius 3 is 2.39 bits per heavy atom. The van der Waals surface area contributed by atoms with E-state index in [1.165, 1.54) is 0 Å². The van der Waals surface area contributed by atoms with Gasteiger partial charge in [-0.25, -0.2) is 0 Å². The second-order valence-corrected chi connectivity index (χ2v) is 8.71. The Hall–Kier alpha value is -2.09. The molecule has 2 aliphatic rings. The van der Waals surface area contributed by atoms with E-state index in [1.807, 2.05) is 19.1 Å². The topological polar surface area (TPSA) is 58.7 Å². The van der Waals surface area contributed by atoms with Crippen molar-refractivity contribution in [1.29, 1.82) is 0 Å². The molecule has 0 bridgehead atoms. The van der Waals surface area contributed by atoms with Crippen molar-refractivity contribution in [3.05, 3.63) is 64.2 Å². The van der Waals surface area contributed by atoms with Crippen LogP contribution in [-0.2, 0) is 23.9 Å². The van der Waals surface area contributed by atoms with Crippen LogP contribution in [0.25, 0.3) is 0 Å². The number of nitrogens with zero attached hydrogens (tertiary/aromatic N) is 1. The highest BCUT2D eigenvalue weighted by molar-refractivity contribution is 5.47. The molecule has 0 aliphatic carbocycles. The predicted octanol–water partition coefficient (Wildman–Crippen LogP) is 4.57. The van der Waals surface area contributed by atoms with Crippen molar-refractivity contribution < 1.29 is 23.0 Å². The Morgan fingerprint density at radius 1 is 1.10 bits per heavy atom.